The molecule has 3 heterocycles. The van der Waals surface area contributed by atoms with Crippen molar-refractivity contribution in [2.24, 2.45) is 0 Å². The van der Waals surface area contributed by atoms with Gasteiger partial charge in [0.1, 0.15) is 16.0 Å². The van der Waals surface area contributed by atoms with Gasteiger partial charge in [-0.2, -0.15) is 0 Å². The molecule has 0 saturated carbocycles. The molecule has 4 rings (SSSR count). The summed E-state index contributed by atoms with van der Waals surface area (Å²) in [5.74, 6) is -0.247. The topological polar surface area (TPSA) is 77.0 Å². The van der Waals surface area contributed by atoms with Crippen LogP contribution < -0.4 is 5.32 Å². The molecule has 1 saturated heterocycles. The zero-order valence-corrected chi connectivity index (χ0v) is 15.3. The Morgan fingerprint density at radius 3 is 2.96 bits per heavy atom. The summed E-state index contributed by atoms with van der Waals surface area (Å²) in [6.45, 7) is 0.751. The third-order valence-electron chi connectivity index (χ3n) is 3.70. The number of aromatic nitrogens is 3. The lowest BCUT2D eigenvalue weighted by Crippen LogP contribution is -2.09. The zero-order chi connectivity index (χ0) is 17.2. The Hall–Kier alpha value is -1.87. The van der Waals surface area contributed by atoms with E-state index in [9.17, 15) is 4.79 Å². The highest BCUT2D eigenvalue weighted by Gasteiger charge is 2.23. The number of hydrogen-bond donors (Lipinski definition) is 1. The normalized spacial score (nSPS) is 16.9. The maximum atomic E-state index is 12.4. The van der Waals surface area contributed by atoms with Crippen molar-refractivity contribution in [1.82, 2.24) is 15.2 Å². The fourth-order valence-electron chi connectivity index (χ4n) is 2.49. The van der Waals surface area contributed by atoms with Crippen LogP contribution in [0.4, 0.5) is 5.13 Å². The lowest BCUT2D eigenvalue weighted by molar-refractivity contribution is 0.103. The van der Waals surface area contributed by atoms with Crippen molar-refractivity contribution in [2.45, 2.75) is 18.9 Å². The van der Waals surface area contributed by atoms with E-state index in [0.29, 0.717) is 20.0 Å². The van der Waals surface area contributed by atoms with Gasteiger partial charge in [-0.15, -0.1) is 21.5 Å². The van der Waals surface area contributed by atoms with Gasteiger partial charge in [0.15, 0.2) is 5.01 Å². The standard InChI is InChI=1S/C16H13ClN4O2S2/c17-10-5-2-1-4-9(10)14-20-21-16(25-14)19-13(22)12-8-18-15(24-12)11-6-3-7-23-11/h1-2,4-5,8,11H,3,6-7H2,(H,19,21,22). The van der Waals surface area contributed by atoms with Crippen LogP contribution in [0.5, 0.6) is 0 Å². The van der Waals surface area contributed by atoms with Crippen molar-refractivity contribution in [3.8, 4) is 10.6 Å². The predicted molar refractivity (Wildman–Crippen MR) is 98.3 cm³/mol. The summed E-state index contributed by atoms with van der Waals surface area (Å²) < 4.78 is 5.60. The largest absolute Gasteiger partial charge is 0.371 e. The fourth-order valence-corrected chi connectivity index (χ4v) is 4.45. The van der Waals surface area contributed by atoms with Gasteiger partial charge in [0.25, 0.3) is 5.91 Å². The predicted octanol–water partition coefficient (Wildman–Crippen LogP) is 4.42. The minimum absolute atomic E-state index is 0.0138. The lowest BCUT2D eigenvalue weighted by atomic mass is 10.2. The number of hydrogen-bond acceptors (Lipinski definition) is 7. The van der Waals surface area contributed by atoms with E-state index in [1.54, 1.807) is 12.3 Å². The molecule has 1 aliphatic rings. The van der Waals surface area contributed by atoms with E-state index < -0.39 is 0 Å². The molecule has 1 fully saturated rings. The molecular weight excluding hydrogens is 380 g/mol. The molecule has 1 aliphatic heterocycles. The van der Waals surface area contributed by atoms with E-state index in [4.69, 9.17) is 16.3 Å². The Labute approximate surface area is 156 Å². The summed E-state index contributed by atoms with van der Waals surface area (Å²) in [5, 5.41) is 13.4. The molecule has 128 valence electrons. The first-order valence-electron chi connectivity index (χ1n) is 7.68. The quantitative estimate of drug-likeness (QED) is 0.711. The van der Waals surface area contributed by atoms with Gasteiger partial charge in [0.2, 0.25) is 5.13 Å². The molecule has 6 nitrogen and oxygen atoms in total. The van der Waals surface area contributed by atoms with E-state index in [2.05, 4.69) is 20.5 Å². The van der Waals surface area contributed by atoms with Crippen LogP contribution in [0.1, 0.15) is 33.6 Å². The van der Waals surface area contributed by atoms with Crippen LogP contribution in [0.15, 0.2) is 30.5 Å². The van der Waals surface area contributed by atoms with Crippen LogP contribution in [-0.2, 0) is 4.74 Å². The molecule has 1 amide bonds. The average molecular weight is 393 g/mol. The van der Waals surface area contributed by atoms with Gasteiger partial charge in [-0.25, -0.2) is 4.98 Å². The molecule has 1 aromatic carbocycles. The van der Waals surface area contributed by atoms with Crippen molar-refractivity contribution in [3.63, 3.8) is 0 Å². The smallest absolute Gasteiger partial charge is 0.269 e. The van der Waals surface area contributed by atoms with Gasteiger partial charge in [-0.1, -0.05) is 41.1 Å². The van der Waals surface area contributed by atoms with Gasteiger partial charge in [0, 0.05) is 12.2 Å². The molecule has 0 bridgehead atoms. The Morgan fingerprint density at radius 2 is 2.16 bits per heavy atom. The van der Waals surface area contributed by atoms with Gasteiger partial charge >= 0.3 is 0 Å². The maximum Gasteiger partial charge on any atom is 0.269 e. The third kappa shape index (κ3) is 3.57. The second-order valence-electron chi connectivity index (χ2n) is 5.41. The highest BCUT2D eigenvalue weighted by Crippen LogP contribution is 2.33. The molecule has 0 aliphatic carbocycles. The fraction of sp³-hybridized carbons (Fsp3) is 0.250. The molecule has 1 unspecified atom stereocenters. The summed E-state index contributed by atoms with van der Waals surface area (Å²) in [5.41, 5.74) is 0.792. The zero-order valence-electron chi connectivity index (χ0n) is 12.9. The first kappa shape index (κ1) is 16.6. The van der Waals surface area contributed by atoms with Crippen LogP contribution >= 0.6 is 34.3 Å². The number of amides is 1. The number of rotatable bonds is 4. The summed E-state index contributed by atoms with van der Waals surface area (Å²) in [4.78, 5) is 17.2. The number of nitrogens with one attached hydrogen (secondary N) is 1. The Bertz CT molecular complexity index is 905. The molecule has 25 heavy (non-hydrogen) atoms. The van der Waals surface area contributed by atoms with Crippen molar-refractivity contribution in [1.29, 1.82) is 0 Å². The third-order valence-corrected chi connectivity index (χ3v) is 5.99. The first-order valence-corrected chi connectivity index (χ1v) is 9.69. The monoisotopic (exact) mass is 392 g/mol. The number of ether oxygens (including phenoxy) is 1. The van der Waals surface area contributed by atoms with Gasteiger partial charge in [-0.3, -0.25) is 10.1 Å². The number of carbonyl (C=O) groups is 1. The van der Waals surface area contributed by atoms with Crippen LogP contribution in [-0.4, -0.2) is 27.7 Å². The summed E-state index contributed by atoms with van der Waals surface area (Å²) >= 11 is 8.79. The second-order valence-corrected chi connectivity index (χ2v) is 7.86. The number of benzene rings is 1. The molecule has 0 spiro atoms. The first-order chi connectivity index (χ1) is 12.2. The van der Waals surface area contributed by atoms with Gasteiger partial charge in [0.05, 0.1) is 11.2 Å². The molecule has 0 radical (unpaired) electrons. The van der Waals surface area contributed by atoms with Crippen LogP contribution in [0.25, 0.3) is 10.6 Å². The molecule has 1 atom stereocenters. The molecule has 9 heteroatoms. The second kappa shape index (κ2) is 7.17. The van der Waals surface area contributed by atoms with Crippen molar-refractivity contribution in [2.75, 3.05) is 11.9 Å². The maximum absolute atomic E-state index is 12.4. The SMILES string of the molecule is O=C(Nc1nnc(-c2ccccc2Cl)s1)c1cnc(C2CCCO2)s1. The number of anilines is 1. The van der Waals surface area contributed by atoms with E-state index in [0.717, 1.165) is 30.0 Å². The number of thiazole rings is 1. The Balaban J connectivity index is 1.47. The average Bonchev–Trinajstić information content (AvgIpc) is 3.36. The van der Waals surface area contributed by atoms with E-state index in [1.807, 2.05) is 18.2 Å². The van der Waals surface area contributed by atoms with Crippen molar-refractivity contribution in [3.05, 3.63) is 45.4 Å². The minimum Gasteiger partial charge on any atom is -0.371 e. The van der Waals surface area contributed by atoms with Crippen molar-refractivity contribution >= 4 is 45.3 Å². The van der Waals surface area contributed by atoms with E-state index in [1.165, 1.54) is 22.7 Å². The Kier molecular flexibility index (Phi) is 4.76. The van der Waals surface area contributed by atoms with E-state index >= 15 is 0 Å². The molecule has 2 aromatic heterocycles. The lowest BCUT2D eigenvalue weighted by Gasteiger charge is -2.03. The van der Waals surface area contributed by atoms with Crippen LogP contribution in [0, 0.1) is 0 Å². The number of halogens is 1. The molecular formula is C16H13ClN4O2S2. The number of nitrogens with zero attached hydrogens (tertiary/aromatic N) is 3. The highest BCUT2D eigenvalue weighted by molar-refractivity contribution is 7.19. The number of carbonyl (C=O) groups excluding carboxylic acids is 1. The van der Waals surface area contributed by atoms with Crippen molar-refractivity contribution < 1.29 is 9.53 Å². The van der Waals surface area contributed by atoms with Crippen LogP contribution in [0.2, 0.25) is 5.02 Å². The van der Waals surface area contributed by atoms with Gasteiger partial charge < -0.3 is 4.74 Å². The summed E-state index contributed by atoms with van der Waals surface area (Å²) in [6, 6.07) is 7.39. The van der Waals surface area contributed by atoms with Crippen LogP contribution in [0.3, 0.4) is 0 Å². The summed E-state index contributed by atoms with van der Waals surface area (Å²) in [6.07, 6.45) is 3.57. The van der Waals surface area contributed by atoms with E-state index in [-0.39, 0.29) is 12.0 Å². The Morgan fingerprint density at radius 1 is 1.28 bits per heavy atom. The summed E-state index contributed by atoms with van der Waals surface area (Å²) in [7, 11) is 0. The highest BCUT2D eigenvalue weighted by atomic mass is 35.5. The van der Waals surface area contributed by atoms with Gasteiger partial charge in [-0.05, 0) is 18.9 Å². The minimum atomic E-state index is -0.247. The molecule has 1 N–H and O–H groups in total. The molecule has 3 aromatic rings.